The van der Waals surface area contributed by atoms with Gasteiger partial charge in [-0.1, -0.05) is 28.1 Å². The van der Waals surface area contributed by atoms with Gasteiger partial charge in [0.25, 0.3) is 0 Å². The first-order valence-electron chi connectivity index (χ1n) is 6.47. The average Bonchev–Trinajstić information content (AvgIpc) is 2.81. The van der Waals surface area contributed by atoms with Gasteiger partial charge in [0.1, 0.15) is 0 Å². The summed E-state index contributed by atoms with van der Waals surface area (Å²) in [6, 6.07) is 9.14. The van der Waals surface area contributed by atoms with Crippen LogP contribution in [0.15, 0.2) is 28.7 Å². The molecule has 0 saturated carbocycles. The molecule has 4 heteroatoms. The fourth-order valence-electron chi connectivity index (χ4n) is 2.50. The van der Waals surface area contributed by atoms with E-state index in [9.17, 15) is 0 Å². The predicted octanol–water partition coefficient (Wildman–Crippen LogP) is 1.95. The van der Waals surface area contributed by atoms with Crippen molar-refractivity contribution in [2.75, 3.05) is 33.3 Å². The zero-order chi connectivity index (χ0) is 13.0. The van der Waals surface area contributed by atoms with Crippen molar-refractivity contribution in [1.82, 2.24) is 9.80 Å². The second-order valence-electron chi connectivity index (χ2n) is 5.01. The summed E-state index contributed by atoms with van der Waals surface area (Å²) in [6.45, 7) is 4.30. The molecular formula is C14H21BrN2O. The highest BCUT2D eigenvalue weighted by atomic mass is 79.9. The first-order chi connectivity index (χ1) is 8.69. The molecule has 0 amide bonds. The van der Waals surface area contributed by atoms with Crippen molar-refractivity contribution in [2.24, 2.45) is 0 Å². The maximum absolute atomic E-state index is 8.96. The van der Waals surface area contributed by atoms with Gasteiger partial charge in [-0.2, -0.15) is 0 Å². The normalized spacial score (nSPS) is 20.8. The van der Waals surface area contributed by atoms with Gasteiger partial charge in [0.2, 0.25) is 0 Å². The molecule has 18 heavy (non-hydrogen) atoms. The van der Waals surface area contributed by atoms with E-state index in [1.54, 1.807) is 0 Å². The van der Waals surface area contributed by atoms with E-state index in [-0.39, 0.29) is 6.61 Å². The summed E-state index contributed by atoms with van der Waals surface area (Å²) in [5.41, 5.74) is 1.36. The third kappa shape index (κ3) is 3.79. The van der Waals surface area contributed by atoms with Crippen LogP contribution in [0.2, 0.25) is 0 Å². The average molecular weight is 313 g/mol. The Labute approximate surface area is 118 Å². The lowest BCUT2D eigenvalue weighted by atomic mass is 10.2. The lowest BCUT2D eigenvalue weighted by molar-refractivity contribution is 0.177. The molecule has 1 aromatic rings. The van der Waals surface area contributed by atoms with Crippen molar-refractivity contribution in [3.8, 4) is 0 Å². The molecule has 1 aliphatic heterocycles. The van der Waals surface area contributed by atoms with Gasteiger partial charge in [0, 0.05) is 36.7 Å². The van der Waals surface area contributed by atoms with Crippen molar-refractivity contribution >= 4 is 15.9 Å². The van der Waals surface area contributed by atoms with E-state index in [0.29, 0.717) is 6.04 Å². The van der Waals surface area contributed by atoms with E-state index in [4.69, 9.17) is 5.11 Å². The van der Waals surface area contributed by atoms with Crippen LogP contribution in [0.3, 0.4) is 0 Å². The van der Waals surface area contributed by atoms with E-state index in [1.807, 2.05) is 0 Å². The molecule has 1 fully saturated rings. The molecule has 1 aromatic carbocycles. The molecule has 1 unspecified atom stereocenters. The predicted molar refractivity (Wildman–Crippen MR) is 77.5 cm³/mol. The van der Waals surface area contributed by atoms with Gasteiger partial charge in [-0.05, 0) is 31.2 Å². The highest BCUT2D eigenvalue weighted by Gasteiger charge is 2.25. The van der Waals surface area contributed by atoms with Gasteiger partial charge in [0.05, 0.1) is 6.61 Å². The topological polar surface area (TPSA) is 26.7 Å². The van der Waals surface area contributed by atoms with Gasteiger partial charge in [-0.3, -0.25) is 9.80 Å². The zero-order valence-corrected chi connectivity index (χ0v) is 12.4. The van der Waals surface area contributed by atoms with Crippen molar-refractivity contribution in [3.05, 3.63) is 34.3 Å². The molecule has 0 radical (unpaired) electrons. The van der Waals surface area contributed by atoms with E-state index < -0.39 is 0 Å². The molecule has 3 nitrogen and oxygen atoms in total. The Morgan fingerprint density at radius 2 is 2.11 bits per heavy atom. The Morgan fingerprint density at radius 1 is 1.39 bits per heavy atom. The van der Waals surface area contributed by atoms with E-state index in [1.165, 1.54) is 12.0 Å². The van der Waals surface area contributed by atoms with Crippen molar-refractivity contribution < 1.29 is 5.11 Å². The minimum atomic E-state index is 0.250. The molecule has 100 valence electrons. The van der Waals surface area contributed by atoms with Gasteiger partial charge >= 0.3 is 0 Å². The van der Waals surface area contributed by atoms with Crippen LogP contribution >= 0.6 is 15.9 Å². The summed E-state index contributed by atoms with van der Waals surface area (Å²) in [4.78, 5) is 4.75. The number of aliphatic hydroxyl groups is 1. The minimum absolute atomic E-state index is 0.250. The second-order valence-corrected chi connectivity index (χ2v) is 5.92. The van der Waals surface area contributed by atoms with Crippen LogP contribution in [0.5, 0.6) is 0 Å². The van der Waals surface area contributed by atoms with Crippen LogP contribution in [0, 0.1) is 0 Å². The van der Waals surface area contributed by atoms with E-state index in [2.05, 4.69) is 57.0 Å². The Morgan fingerprint density at radius 3 is 2.78 bits per heavy atom. The number of rotatable bonds is 5. The van der Waals surface area contributed by atoms with Crippen molar-refractivity contribution in [2.45, 2.75) is 19.0 Å². The molecular weight excluding hydrogens is 292 g/mol. The highest BCUT2D eigenvalue weighted by Crippen LogP contribution is 2.18. The number of hydrogen-bond donors (Lipinski definition) is 1. The molecule has 0 aliphatic carbocycles. The summed E-state index contributed by atoms with van der Waals surface area (Å²) in [5, 5.41) is 8.96. The van der Waals surface area contributed by atoms with Crippen LogP contribution in [0.1, 0.15) is 12.0 Å². The fraction of sp³-hybridized carbons (Fsp3) is 0.571. The third-order valence-corrected chi connectivity index (χ3v) is 4.17. The number of aliphatic hydroxyl groups excluding tert-OH is 1. The summed E-state index contributed by atoms with van der Waals surface area (Å²) in [6.07, 6.45) is 1.20. The molecule has 1 aliphatic rings. The molecule has 2 rings (SSSR count). The van der Waals surface area contributed by atoms with Crippen LogP contribution in [0.25, 0.3) is 0 Å². The number of likely N-dealkylation sites (tertiary alicyclic amines) is 1. The van der Waals surface area contributed by atoms with Gasteiger partial charge in [-0.25, -0.2) is 0 Å². The zero-order valence-electron chi connectivity index (χ0n) is 10.8. The fourth-order valence-corrected chi connectivity index (χ4v) is 2.77. The Balaban J connectivity index is 1.84. The molecule has 0 spiro atoms. The number of nitrogens with zero attached hydrogens (tertiary/aromatic N) is 2. The van der Waals surface area contributed by atoms with Crippen LogP contribution in [0.4, 0.5) is 0 Å². The standard InChI is InChI=1S/C14H21BrN2O/c1-16(8-9-18)14-6-7-17(11-14)10-12-2-4-13(15)5-3-12/h2-5,14,18H,6-11H2,1H3. The summed E-state index contributed by atoms with van der Waals surface area (Å²) < 4.78 is 1.13. The summed E-state index contributed by atoms with van der Waals surface area (Å²) in [7, 11) is 2.10. The Hall–Kier alpha value is -0.420. The number of benzene rings is 1. The van der Waals surface area contributed by atoms with Crippen molar-refractivity contribution in [3.63, 3.8) is 0 Å². The monoisotopic (exact) mass is 312 g/mol. The van der Waals surface area contributed by atoms with E-state index in [0.717, 1.165) is 30.7 Å². The van der Waals surface area contributed by atoms with Crippen LogP contribution < -0.4 is 0 Å². The second kappa shape index (κ2) is 6.66. The molecule has 1 heterocycles. The molecule has 1 N–H and O–H groups in total. The summed E-state index contributed by atoms with van der Waals surface area (Å²) >= 11 is 3.46. The lowest BCUT2D eigenvalue weighted by Gasteiger charge is -2.23. The first kappa shape index (κ1) is 14.0. The van der Waals surface area contributed by atoms with Crippen LogP contribution in [-0.2, 0) is 6.54 Å². The van der Waals surface area contributed by atoms with Gasteiger partial charge in [-0.15, -0.1) is 0 Å². The minimum Gasteiger partial charge on any atom is -0.395 e. The highest BCUT2D eigenvalue weighted by molar-refractivity contribution is 9.10. The quantitative estimate of drug-likeness (QED) is 0.900. The van der Waals surface area contributed by atoms with Gasteiger partial charge in [0.15, 0.2) is 0 Å². The maximum Gasteiger partial charge on any atom is 0.0558 e. The Kier molecular flexibility index (Phi) is 5.18. The smallest absolute Gasteiger partial charge is 0.0558 e. The molecule has 0 aromatic heterocycles. The lowest BCUT2D eigenvalue weighted by Crippen LogP contribution is -2.36. The SMILES string of the molecule is CN(CCO)C1CCN(Cc2ccc(Br)cc2)C1. The van der Waals surface area contributed by atoms with Gasteiger partial charge < -0.3 is 5.11 Å². The number of hydrogen-bond acceptors (Lipinski definition) is 3. The van der Waals surface area contributed by atoms with Crippen LogP contribution in [-0.4, -0.2) is 54.2 Å². The summed E-state index contributed by atoms with van der Waals surface area (Å²) in [5.74, 6) is 0. The maximum atomic E-state index is 8.96. The molecule has 1 saturated heterocycles. The largest absolute Gasteiger partial charge is 0.395 e. The first-order valence-corrected chi connectivity index (χ1v) is 7.26. The number of halogens is 1. The molecule has 0 bridgehead atoms. The van der Waals surface area contributed by atoms with Crippen molar-refractivity contribution in [1.29, 1.82) is 0 Å². The third-order valence-electron chi connectivity index (χ3n) is 3.64. The van der Waals surface area contributed by atoms with E-state index >= 15 is 0 Å². The molecule has 1 atom stereocenters. The Bertz CT molecular complexity index is 369. The number of likely N-dealkylation sites (N-methyl/N-ethyl adjacent to an activating group) is 1.